The van der Waals surface area contributed by atoms with Crippen LogP contribution in [0.3, 0.4) is 0 Å². The van der Waals surface area contributed by atoms with E-state index in [1.54, 1.807) is 6.92 Å². The van der Waals surface area contributed by atoms with Crippen LogP contribution in [0.1, 0.15) is 32.6 Å². The summed E-state index contributed by atoms with van der Waals surface area (Å²) in [5, 5.41) is 11.7. The van der Waals surface area contributed by atoms with Crippen LogP contribution in [-0.2, 0) is 19.1 Å². The summed E-state index contributed by atoms with van der Waals surface area (Å²) in [6.07, 6.45) is 2.31. The minimum absolute atomic E-state index is 0.134. The molecule has 120 valence electrons. The molecule has 0 radical (unpaired) electrons. The van der Waals surface area contributed by atoms with E-state index in [2.05, 4.69) is 5.32 Å². The monoisotopic (exact) mass is 300 g/mol. The van der Waals surface area contributed by atoms with Gasteiger partial charge in [0, 0.05) is 19.5 Å². The number of esters is 1. The Kier molecular flexibility index (Phi) is 7.74. The van der Waals surface area contributed by atoms with Gasteiger partial charge < -0.3 is 15.2 Å². The summed E-state index contributed by atoms with van der Waals surface area (Å²) >= 11 is 0. The first kappa shape index (κ1) is 17.4. The number of nitrogens with one attached hydrogen (secondary N) is 1. The Morgan fingerprint density at radius 3 is 2.81 bits per heavy atom. The zero-order valence-corrected chi connectivity index (χ0v) is 12.5. The molecule has 0 aromatic carbocycles. The minimum atomic E-state index is -0.797. The molecule has 1 atom stereocenters. The van der Waals surface area contributed by atoms with Crippen molar-refractivity contribution in [1.82, 2.24) is 10.2 Å². The molecule has 7 heteroatoms. The van der Waals surface area contributed by atoms with Crippen molar-refractivity contribution in [2.24, 2.45) is 5.92 Å². The smallest absolute Gasteiger partial charge is 0.307 e. The Morgan fingerprint density at radius 2 is 2.14 bits per heavy atom. The summed E-state index contributed by atoms with van der Waals surface area (Å²) in [6, 6.07) is 0. The molecule has 21 heavy (non-hydrogen) atoms. The number of hydrogen-bond acceptors (Lipinski definition) is 5. The first-order valence-electron chi connectivity index (χ1n) is 7.40. The van der Waals surface area contributed by atoms with Gasteiger partial charge in [-0.2, -0.15) is 0 Å². The zero-order chi connectivity index (χ0) is 15.7. The third-order valence-corrected chi connectivity index (χ3v) is 3.41. The SMILES string of the molecule is CCOC(=O)CCCNC(=O)CN1CCCC(C(=O)O)C1. The third-order valence-electron chi connectivity index (χ3n) is 3.41. The predicted octanol–water partition coefficient (Wildman–Crippen LogP) is 0.243. The molecule has 0 bridgehead atoms. The molecule has 1 amide bonds. The minimum Gasteiger partial charge on any atom is -0.481 e. The molecular formula is C14H24N2O5. The number of nitrogens with zero attached hydrogens (tertiary/aromatic N) is 1. The number of hydrogen-bond donors (Lipinski definition) is 2. The number of aliphatic carboxylic acids is 1. The van der Waals surface area contributed by atoms with Crippen LogP contribution in [0, 0.1) is 5.92 Å². The molecule has 2 N–H and O–H groups in total. The van der Waals surface area contributed by atoms with Crippen molar-refractivity contribution in [1.29, 1.82) is 0 Å². The molecule has 1 heterocycles. The van der Waals surface area contributed by atoms with Gasteiger partial charge in [0.2, 0.25) is 5.91 Å². The number of piperidine rings is 1. The topological polar surface area (TPSA) is 95.9 Å². The van der Waals surface area contributed by atoms with Gasteiger partial charge in [-0.25, -0.2) is 0 Å². The first-order chi connectivity index (χ1) is 10.0. The maximum Gasteiger partial charge on any atom is 0.307 e. The Hall–Kier alpha value is -1.63. The van der Waals surface area contributed by atoms with Gasteiger partial charge in [0.05, 0.1) is 19.1 Å². The standard InChI is InChI=1S/C14H24N2O5/c1-2-21-13(18)6-3-7-15-12(17)10-16-8-4-5-11(9-16)14(19)20/h11H,2-10H2,1H3,(H,15,17)(H,19,20). The second-order valence-electron chi connectivity index (χ2n) is 5.17. The molecule has 0 saturated carbocycles. The molecule has 7 nitrogen and oxygen atoms in total. The van der Waals surface area contributed by atoms with Crippen LogP contribution in [0.5, 0.6) is 0 Å². The summed E-state index contributed by atoms with van der Waals surface area (Å²) in [4.78, 5) is 35.7. The maximum atomic E-state index is 11.7. The highest BCUT2D eigenvalue weighted by Gasteiger charge is 2.26. The lowest BCUT2D eigenvalue weighted by molar-refractivity contribution is -0.144. The zero-order valence-electron chi connectivity index (χ0n) is 12.5. The fraction of sp³-hybridized carbons (Fsp3) is 0.786. The Bertz CT molecular complexity index is 372. The molecule has 1 fully saturated rings. The Morgan fingerprint density at radius 1 is 1.38 bits per heavy atom. The second kappa shape index (κ2) is 9.33. The molecule has 1 saturated heterocycles. The van der Waals surface area contributed by atoms with Crippen LogP contribution in [0.4, 0.5) is 0 Å². The summed E-state index contributed by atoms with van der Waals surface area (Å²) < 4.78 is 4.79. The van der Waals surface area contributed by atoms with Gasteiger partial charge in [0.1, 0.15) is 0 Å². The van der Waals surface area contributed by atoms with Gasteiger partial charge in [-0.05, 0) is 32.7 Å². The van der Waals surface area contributed by atoms with Crippen LogP contribution in [-0.4, -0.2) is 60.6 Å². The van der Waals surface area contributed by atoms with Gasteiger partial charge >= 0.3 is 11.9 Å². The first-order valence-corrected chi connectivity index (χ1v) is 7.40. The number of carboxylic acids is 1. The molecule has 1 aliphatic heterocycles. The summed E-state index contributed by atoms with van der Waals surface area (Å²) in [7, 11) is 0. The van der Waals surface area contributed by atoms with Crippen LogP contribution < -0.4 is 5.32 Å². The molecular weight excluding hydrogens is 276 g/mol. The lowest BCUT2D eigenvalue weighted by Crippen LogP contribution is -2.44. The van der Waals surface area contributed by atoms with Gasteiger partial charge in [-0.3, -0.25) is 19.3 Å². The highest BCUT2D eigenvalue weighted by molar-refractivity contribution is 5.78. The van der Waals surface area contributed by atoms with Gasteiger partial charge in [-0.1, -0.05) is 0 Å². The molecule has 0 aliphatic carbocycles. The quantitative estimate of drug-likeness (QED) is 0.492. The average molecular weight is 300 g/mol. The second-order valence-corrected chi connectivity index (χ2v) is 5.17. The van der Waals surface area contributed by atoms with E-state index in [0.717, 1.165) is 13.0 Å². The molecule has 0 aromatic heterocycles. The lowest BCUT2D eigenvalue weighted by Gasteiger charge is -2.29. The molecule has 0 spiro atoms. The highest BCUT2D eigenvalue weighted by Crippen LogP contribution is 2.15. The van der Waals surface area contributed by atoms with Crippen LogP contribution >= 0.6 is 0 Å². The number of carbonyl (C=O) groups is 3. The van der Waals surface area contributed by atoms with Crippen molar-refractivity contribution >= 4 is 17.8 Å². The summed E-state index contributed by atoms with van der Waals surface area (Å²) in [5.41, 5.74) is 0. The van der Waals surface area contributed by atoms with E-state index >= 15 is 0 Å². The lowest BCUT2D eigenvalue weighted by atomic mass is 9.98. The summed E-state index contributed by atoms with van der Waals surface area (Å²) in [5.74, 6) is -1.57. The third kappa shape index (κ3) is 7.08. The fourth-order valence-corrected chi connectivity index (χ4v) is 2.35. The van der Waals surface area contributed by atoms with Crippen molar-refractivity contribution < 1.29 is 24.2 Å². The van der Waals surface area contributed by atoms with E-state index in [4.69, 9.17) is 9.84 Å². The van der Waals surface area contributed by atoms with E-state index in [1.165, 1.54) is 0 Å². The van der Waals surface area contributed by atoms with Crippen molar-refractivity contribution in [3.8, 4) is 0 Å². The number of carbonyl (C=O) groups excluding carboxylic acids is 2. The number of amides is 1. The van der Waals surface area contributed by atoms with Crippen molar-refractivity contribution in [3.63, 3.8) is 0 Å². The molecule has 1 rings (SSSR count). The Labute approximate surface area is 124 Å². The average Bonchev–Trinajstić information content (AvgIpc) is 2.44. The van der Waals surface area contributed by atoms with Crippen molar-refractivity contribution in [2.75, 3.05) is 32.8 Å². The molecule has 1 unspecified atom stereocenters. The van der Waals surface area contributed by atoms with Crippen LogP contribution in [0.15, 0.2) is 0 Å². The molecule has 0 aromatic rings. The highest BCUT2D eigenvalue weighted by atomic mass is 16.5. The van der Waals surface area contributed by atoms with Gasteiger partial charge in [-0.15, -0.1) is 0 Å². The normalized spacial score (nSPS) is 19.0. The fourth-order valence-electron chi connectivity index (χ4n) is 2.35. The van der Waals surface area contributed by atoms with E-state index in [0.29, 0.717) is 39.0 Å². The van der Waals surface area contributed by atoms with E-state index < -0.39 is 5.97 Å². The largest absolute Gasteiger partial charge is 0.481 e. The number of ether oxygens (including phenoxy) is 1. The van der Waals surface area contributed by atoms with E-state index in [9.17, 15) is 14.4 Å². The maximum absolute atomic E-state index is 11.7. The van der Waals surface area contributed by atoms with Gasteiger partial charge in [0.15, 0.2) is 0 Å². The number of carboxylic acid groups (broad SMARTS) is 1. The number of likely N-dealkylation sites (tertiary alicyclic amines) is 1. The van der Waals surface area contributed by atoms with Crippen molar-refractivity contribution in [3.05, 3.63) is 0 Å². The predicted molar refractivity (Wildman–Crippen MR) is 75.7 cm³/mol. The van der Waals surface area contributed by atoms with Gasteiger partial charge in [0.25, 0.3) is 0 Å². The number of rotatable bonds is 8. The Balaban J connectivity index is 2.15. The molecule has 1 aliphatic rings. The van der Waals surface area contributed by atoms with E-state index in [1.807, 2.05) is 4.90 Å². The van der Waals surface area contributed by atoms with E-state index in [-0.39, 0.29) is 24.3 Å². The van der Waals surface area contributed by atoms with Crippen molar-refractivity contribution in [2.45, 2.75) is 32.6 Å². The van der Waals surface area contributed by atoms with Crippen LogP contribution in [0.25, 0.3) is 0 Å². The summed E-state index contributed by atoms with van der Waals surface area (Å²) in [6.45, 7) is 3.93. The van der Waals surface area contributed by atoms with Crippen LogP contribution in [0.2, 0.25) is 0 Å².